The van der Waals surface area contributed by atoms with Crippen molar-refractivity contribution in [3.63, 3.8) is 0 Å². The van der Waals surface area contributed by atoms with Gasteiger partial charge in [-0.3, -0.25) is 24.0 Å². The Hall–Kier alpha value is -2.85. The fourth-order valence-corrected chi connectivity index (χ4v) is 0.895. The van der Waals surface area contributed by atoms with Crippen molar-refractivity contribution in [1.29, 1.82) is 0 Å². The van der Waals surface area contributed by atoms with Crippen LogP contribution in [0.15, 0.2) is 0 Å². The monoisotopic (exact) mass is 415 g/mol. The molecule has 1 heterocycles. The number of carbonyl (C=O) groups is 5. The molecule has 0 aliphatic carbocycles. The van der Waals surface area contributed by atoms with Crippen molar-refractivity contribution >= 4 is 29.8 Å². The van der Waals surface area contributed by atoms with Gasteiger partial charge in [-0.1, -0.05) is 0 Å². The highest BCUT2D eigenvalue weighted by atomic mass is 16.4. The molecule has 0 aromatic carbocycles. The first-order valence-corrected chi connectivity index (χ1v) is 7.53. The minimum Gasteiger partial charge on any atom is -0.480 e. The van der Waals surface area contributed by atoms with Crippen molar-refractivity contribution in [2.45, 2.75) is 18.9 Å². The van der Waals surface area contributed by atoms with Gasteiger partial charge in [0.15, 0.2) is 0 Å². The third kappa shape index (κ3) is 43.5. The van der Waals surface area contributed by atoms with E-state index in [-0.39, 0.29) is 32.2 Å². The van der Waals surface area contributed by atoms with Crippen molar-refractivity contribution in [2.75, 3.05) is 32.7 Å². The van der Waals surface area contributed by atoms with Crippen molar-refractivity contribution < 1.29 is 49.5 Å². The summed E-state index contributed by atoms with van der Waals surface area (Å²) in [6.07, 6.45) is 1.78. The van der Waals surface area contributed by atoms with Crippen LogP contribution in [0.3, 0.4) is 0 Å². The molecule has 14 N–H and O–H groups in total. The van der Waals surface area contributed by atoms with Crippen LogP contribution >= 0.6 is 0 Å². The number of nitrogens with two attached hydrogens (primary N) is 4. The maximum absolute atomic E-state index is 10.1. The third-order valence-electron chi connectivity index (χ3n) is 2.06. The molecule has 28 heavy (non-hydrogen) atoms. The van der Waals surface area contributed by atoms with Crippen LogP contribution < -0.4 is 28.3 Å². The average Bonchev–Trinajstić information content (AvgIpc) is 3.18. The Balaban J connectivity index is -0.000000131. The fraction of sp³-hybridized carbons (Fsp3) is 0.615. The van der Waals surface area contributed by atoms with Gasteiger partial charge in [-0.15, -0.1) is 0 Å². The first-order chi connectivity index (χ1) is 12.9. The lowest BCUT2D eigenvalue weighted by Gasteiger charge is -1.99. The minimum atomic E-state index is -0.968. The molecule has 166 valence electrons. The van der Waals surface area contributed by atoms with Gasteiger partial charge in [0.2, 0.25) is 0 Å². The first kappa shape index (κ1) is 32.8. The Kier molecular flexibility index (Phi) is 28.3. The van der Waals surface area contributed by atoms with E-state index in [0.717, 1.165) is 19.4 Å². The largest absolute Gasteiger partial charge is 0.480 e. The molecule has 1 aliphatic rings. The summed E-state index contributed by atoms with van der Waals surface area (Å²) in [6, 6.07) is -0.269. The zero-order chi connectivity index (χ0) is 23.1. The summed E-state index contributed by atoms with van der Waals surface area (Å²) in [5, 5.41) is 41.6. The van der Waals surface area contributed by atoms with E-state index in [2.05, 4.69) is 28.3 Å². The first-order valence-electron chi connectivity index (χ1n) is 7.53. The standard InChI is InChI=1S/C5H9NO2.4C2H5NO2/c7-5(8)4-2-1-3-6-4;4*3-1-2(4)5/h4,6H,1-3H2,(H,7,8);4*1,3H2,(H,4,5)/t4-;;;;/m0..../s1. The molecule has 1 aliphatic heterocycles. The van der Waals surface area contributed by atoms with Crippen molar-refractivity contribution in [1.82, 2.24) is 5.32 Å². The van der Waals surface area contributed by atoms with Crippen LogP contribution in [0.5, 0.6) is 0 Å². The highest BCUT2D eigenvalue weighted by Crippen LogP contribution is 2.03. The predicted molar refractivity (Wildman–Crippen MR) is 95.4 cm³/mol. The van der Waals surface area contributed by atoms with Gasteiger partial charge in [0, 0.05) is 0 Å². The minimum absolute atomic E-state index is 0.269. The molecule has 0 saturated carbocycles. The maximum Gasteiger partial charge on any atom is 0.320 e. The van der Waals surface area contributed by atoms with Crippen molar-refractivity contribution in [3.8, 4) is 0 Å². The summed E-state index contributed by atoms with van der Waals surface area (Å²) in [7, 11) is 0. The Labute approximate surface area is 160 Å². The van der Waals surface area contributed by atoms with E-state index in [1.54, 1.807) is 0 Å². The highest BCUT2D eigenvalue weighted by Gasteiger charge is 2.20. The molecule has 15 heteroatoms. The van der Waals surface area contributed by atoms with Gasteiger partial charge < -0.3 is 53.8 Å². The van der Waals surface area contributed by atoms with Gasteiger partial charge in [-0.25, -0.2) is 0 Å². The van der Waals surface area contributed by atoms with E-state index < -0.39 is 29.8 Å². The Morgan fingerprint density at radius 2 is 0.929 bits per heavy atom. The summed E-state index contributed by atoms with van der Waals surface area (Å²) in [4.78, 5) is 47.1. The summed E-state index contributed by atoms with van der Waals surface area (Å²) < 4.78 is 0. The second-order valence-corrected chi connectivity index (χ2v) is 4.38. The molecule has 1 rings (SSSR count). The maximum atomic E-state index is 10.1. The van der Waals surface area contributed by atoms with E-state index in [0.29, 0.717) is 0 Å². The van der Waals surface area contributed by atoms with E-state index in [1.807, 2.05) is 0 Å². The van der Waals surface area contributed by atoms with Crippen LogP contribution in [0.1, 0.15) is 12.8 Å². The summed E-state index contributed by atoms with van der Waals surface area (Å²) in [6.45, 7) is -0.253. The quantitative estimate of drug-likeness (QED) is 0.204. The molecule has 1 saturated heterocycles. The lowest BCUT2D eigenvalue weighted by atomic mass is 10.2. The summed E-state index contributed by atoms with van der Waals surface area (Å²) >= 11 is 0. The van der Waals surface area contributed by atoms with Crippen LogP contribution in [0.2, 0.25) is 0 Å². The second kappa shape index (κ2) is 24.1. The fourth-order valence-electron chi connectivity index (χ4n) is 0.895. The van der Waals surface area contributed by atoms with Gasteiger partial charge >= 0.3 is 29.8 Å². The van der Waals surface area contributed by atoms with Gasteiger partial charge in [-0.2, -0.15) is 0 Å². The molecule has 15 nitrogen and oxygen atoms in total. The molecule has 0 unspecified atom stereocenters. The van der Waals surface area contributed by atoms with E-state index >= 15 is 0 Å². The Morgan fingerprint density at radius 1 is 0.679 bits per heavy atom. The van der Waals surface area contributed by atoms with Crippen LogP contribution in [0, 0.1) is 0 Å². The predicted octanol–water partition coefficient (Wildman–Crippen LogP) is -4.06. The Morgan fingerprint density at radius 3 is 1.00 bits per heavy atom. The normalized spacial score (nSPS) is 13.4. The number of hydrogen-bond donors (Lipinski definition) is 10. The van der Waals surface area contributed by atoms with Gasteiger partial charge in [0.1, 0.15) is 6.04 Å². The SMILES string of the molecule is NCC(=O)O.NCC(=O)O.NCC(=O)O.NCC(=O)O.O=C(O)[C@@H]1CCCN1. The van der Waals surface area contributed by atoms with Gasteiger partial charge in [0.05, 0.1) is 26.2 Å². The van der Waals surface area contributed by atoms with Crippen molar-refractivity contribution in [3.05, 3.63) is 0 Å². The number of hydrogen-bond acceptors (Lipinski definition) is 10. The topological polar surface area (TPSA) is 303 Å². The number of carboxylic acids is 5. The van der Waals surface area contributed by atoms with Gasteiger partial charge in [0.25, 0.3) is 0 Å². The second-order valence-electron chi connectivity index (χ2n) is 4.38. The van der Waals surface area contributed by atoms with E-state index in [9.17, 15) is 24.0 Å². The number of carboxylic acid groups (broad SMARTS) is 5. The molecule has 0 aromatic heterocycles. The smallest absolute Gasteiger partial charge is 0.320 e. The molecule has 1 fully saturated rings. The lowest BCUT2D eigenvalue weighted by molar-refractivity contribution is -0.139. The third-order valence-corrected chi connectivity index (χ3v) is 2.06. The lowest BCUT2D eigenvalue weighted by Crippen LogP contribution is -2.29. The van der Waals surface area contributed by atoms with Crippen LogP contribution in [0.25, 0.3) is 0 Å². The number of nitrogens with one attached hydrogen (secondary N) is 1. The molecule has 0 radical (unpaired) electrons. The van der Waals surface area contributed by atoms with Crippen LogP contribution in [0.4, 0.5) is 0 Å². The van der Waals surface area contributed by atoms with Gasteiger partial charge in [-0.05, 0) is 19.4 Å². The molecule has 1 atom stereocenters. The van der Waals surface area contributed by atoms with Crippen LogP contribution in [-0.2, 0) is 24.0 Å². The molecule has 0 amide bonds. The van der Waals surface area contributed by atoms with E-state index in [1.165, 1.54) is 0 Å². The number of aliphatic carboxylic acids is 5. The molecular weight excluding hydrogens is 386 g/mol. The molecular formula is C13H29N5O10. The molecule has 0 aromatic rings. The number of rotatable bonds is 5. The van der Waals surface area contributed by atoms with E-state index in [4.69, 9.17) is 25.5 Å². The van der Waals surface area contributed by atoms with Crippen molar-refractivity contribution in [2.24, 2.45) is 22.9 Å². The van der Waals surface area contributed by atoms with Crippen LogP contribution in [-0.4, -0.2) is 94.1 Å². The Bertz CT molecular complexity index is 399. The average molecular weight is 415 g/mol. The zero-order valence-electron chi connectivity index (χ0n) is 15.1. The summed E-state index contributed by atoms with van der Waals surface area (Å²) in [5.41, 5.74) is 18.3. The molecule has 0 bridgehead atoms. The summed E-state index contributed by atoms with van der Waals surface area (Å²) in [5.74, 6) is -4.59. The highest BCUT2D eigenvalue weighted by molar-refractivity contribution is 5.73. The zero-order valence-corrected chi connectivity index (χ0v) is 15.1. The molecule has 0 spiro atoms.